The Morgan fingerprint density at radius 1 is 1.38 bits per heavy atom. The van der Waals surface area contributed by atoms with Gasteiger partial charge in [0.2, 0.25) is 0 Å². The Morgan fingerprint density at radius 3 is 2.62 bits per heavy atom. The Hall–Kier alpha value is -0.890. The van der Waals surface area contributed by atoms with E-state index in [1.54, 1.807) is 6.07 Å². The number of likely N-dealkylation sites (N-methyl/N-ethyl adjacent to an activating group) is 1. The van der Waals surface area contributed by atoms with Gasteiger partial charge < -0.3 is 5.32 Å². The Morgan fingerprint density at radius 2 is 2.06 bits per heavy atom. The first-order valence-electron chi connectivity index (χ1n) is 6.00. The van der Waals surface area contributed by atoms with Crippen LogP contribution in [0, 0.1) is 18.7 Å². The number of benzene rings is 1. The van der Waals surface area contributed by atoms with Gasteiger partial charge in [-0.25, -0.2) is 4.39 Å². The van der Waals surface area contributed by atoms with Gasteiger partial charge in [-0.3, -0.25) is 0 Å². The molecule has 0 radical (unpaired) electrons. The highest BCUT2D eigenvalue weighted by atomic mass is 19.1. The smallest absolute Gasteiger partial charge is 0.123 e. The molecule has 90 valence electrons. The van der Waals surface area contributed by atoms with E-state index in [-0.39, 0.29) is 5.82 Å². The van der Waals surface area contributed by atoms with Gasteiger partial charge >= 0.3 is 0 Å². The summed E-state index contributed by atoms with van der Waals surface area (Å²) in [5, 5.41) is 3.33. The summed E-state index contributed by atoms with van der Waals surface area (Å²) in [7, 11) is 1.98. The van der Waals surface area contributed by atoms with Crippen LogP contribution in [0.3, 0.4) is 0 Å². The number of hydrogen-bond donors (Lipinski definition) is 1. The summed E-state index contributed by atoms with van der Waals surface area (Å²) >= 11 is 0. The van der Waals surface area contributed by atoms with Gasteiger partial charge in [0.25, 0.3) is 0 Å². The highest BCUT2D eigenvalue weighted by Gasteiger charge is 2.15. The third-order valence-corrected chi connectivity index (χ3v) is 3.45. The maximum absolute atomic E-state index is 13.2. The van der Waals surface area contributed by atoms with Crippen molar-refractivity contribution in [3.05, 3.63) is 35.1 Å². The molecular formula is C14H22FN. The molecule has 0 aliphatic carbocycles. The molecule has 1 N–H and O–H groups in total. The second-order valence-corrected chi connectivity index (χ2v) is 4.56. The van der Waals surface area contributed by atoms with Crippen molar-refractivity contribution in [3.63, 3.8) is 0 Å². The molecule has 0 heterocycles. The number of halogens is 1. The second-order valence-electron chi connectivity index (χ2n) is 4.56. The number of rotatable bonds is 5. The lowest BCUT2D eigenvalue weighted by molar-refractivity contribution is 0.385. The van der Waals surface area contributed by atoms with Gasteiger partial charge in [0.15, 0.2) is 0 Å². The first kappa shape index (κ1) is 13.2. The summed E-state index contributed by atoms with van der Waals surface area (Å²) in [4.78, 5) is 0. The minimum atomic E-state index is -0.139. The van der Waals surface area contributed by atoms with Crippen LogP contribution < -0.4 is 5.32 Å². The predicted molar refractivity (Wildman–Crippen MR) is 67.1 cm³/mol. The van der Waals surface area contributed by atoms with Crippen LogP contribution in [-0.4, -0.2) is 13.1 Å². The Labute approximate surface area is 98.1 Å². The summed E-state index contributed by atoms with van der Waals surface area (Å²) in [6.45, 7) is 6.46. The molecule has 0 amide bonds. The molecule has 0 aliphatic rings. The largest absolute Gasteiger partial charge is 0.316 e. The highest BCUT2D eigenvalue weighted by Crippen LogP contribution is 2.17. The monoisotopic (exact) mass is 223 g/mol. The molecule has 0 aromatic heterocycles. The van der Waals surface area contributed by atoms with Crippen molar-refractivity contribution in [1.29, 1.82) is 0 Å². The molecule has 0 saturated heterocycles. The van der Waals surface area contributed by atoms with Crippen molar-refractivity contribution in [2.75, 3.05) is 7.05 Å². The molecule has 0 aliphatic heterocycles. The molecule has 1 aromatic carbocycles. The average molecular weight is 223 g/mol. The summed E-state index contributed by atoms with van der Waals surface area (Å²) in [6, 6.07) is 5.46. The van der Waals surface area contributed by atoms with Gasteiger partial charge in [0, 0.05) is 6.04 Å². The Balaban J connectivity index is 2.81. The van der Waals surface area contributed by atoms with E-state index in [2.05, 4.69) is 19.2 Å². The summed E-state index contributed by atoms with van der Waals surface area (Å²) < 4.78 is 13.2. The topological polar surface area (TPSA) is 12.0 Å². The predicted octanol–water partition coefficient (Wildman–Crippen LogP) is 3.31. The molecule has 0 saturated carbocycles. The van der Waals surface area contributed by atoms with Crippen molar-refractivity contribution in [1.82, 2.24) is 5.32 Å². The first-order chi connectivity index (χ1) is 7.58. The van der Waals surface area contributed by atoms with Crippen LogP contribution >= 0.6 is 0 Å². The molecule has 0 fully saturated rings. The number of nitrogens with one attached hydrogen (secondary N) is 1. The van der Waals surface area contributed by atoms with E-state index in [0.29, 0.717) is 12.0 Å². The molecule has 1 nitrogen and oxygen atoms in total. The van der Waals surface area contributed by atoms with E-state index in [4.69, 9.17) is 0 Å². The van der Waals surface area contributed by atoms with Crippen molar-refractivity contribution < 1.29 is 4.39 Å². The van der Waals surface area contributed by atoms with Crippen LogP contribution in [0.2, 0.25) is 0 Å². The molecule has 1 rings (SSSR count). The maximum atomic E-state index is 13.2. The van der Waals surface area contributed by atoms with Crippen LogP contribution in [0.15, 0.2) is 18.2 Å². The fourth-order valence-electron chi connectivity index (χ4n) is 1.97. The molecule has 16 heavy (non-hydrogen) atoms. The number of hydrogen-bond acceptors (Lipinski definition) is 1. The Kier molecular flexibility index (Phi) is 4.94. The fraction of sp³-hybridized carbons (Fsp3) is 0.571. The molecule has 0 spiro atoms. The summed E-state index contributed by atoms with van der Waals surface area (Å²) in [5.74, 6) is 0.465. The lowest BCUT2D eigenvalue weighted by Gasteiger charge is -2.23. The standard InChI is InChI=1S/C14H22FN/c1-5-10(2)14(16-4)9-12-8-13(15)7-6-11(12)3/h6-8,10,14,16H,5,9H2,1-4H3. The van der Waals surface area contributed by atoms with Crippen LogP contribution in [-0.2, 0) is 6.42 Å². The molecule has 0 bridgehead atoms. The lowest BCUT2D eigenvalue weighted by Crippen LogP contribution is -2.34. The van der Waals surface area contributed by atoms with Gasteiger partial charge in [-0.15, -0.1) is 0 Å². The Bertz CT molecular complexity index is 336. The third kappa shape index (κ3) is 3.31. The van der Waals surface area contributed by atoms with Crippen LogP contribution in [0.1, 0.15) is 31.4 Å². The molecular weight excluding hydrogens is 201 g/mol. The summed E-state index contributed by atoms with van der Waals surface area (Å²) in [5.41, 5.74) is 2.28. The molecule has 2 atom stereocenters. The van der Waals surface area contributed by atoms with Gasteiger partial charge in [-0.1, -0.05) is 26.3 Å². The van der Waals surface area contributed by atoms with Crippen LogP contribution in [0.4, 0.5) is 4.39 Å². The van der Waals surface area contributed by atoms with E-state index >= 15 is 0 Å². The zero-order valence-electron chi connectivity index (χ0n) is 10.7. The SMILES string of the molecule is CCC(C)C(Cc1cc(F)ccc1C)NC. The third-order valence-electron chi connectivity index (χ3n) is 3.45. The molecule has 1 aromatic rings. The van der Waals surface area contributed by atoms with Crippen LogP contribution in [0.25, 0.3) is 0 Å². The van der Waals surface area contributed by atoms with Crippen LogP contribution in [0.5, 0.6) is 0 Å². The molecule has 2 heteroatoms. The van der Waals surface area contributed by atoms with E-state index in [0.717, 1.165) is 18.4 Å². The quantitative estimate of drug-likeness (QED) is 0.807. The first-order valence-corrected chi connectivity index (χ1v) is 6.00. The molecule has 2 unspecified atom stereocenters. The van der Waals surface area contributed by atoms with E-state index in [9.17, 15) is 4.39 Å². The zero-order chi connectivity index (χ0) is 12.1. The van der Waals surface area contributed by atoms with E-state index in [1.807, 2.05) is 20.0 Å². The van der Waals surface area contributed by atoms with Crippen molar-refractivity contribution in [2.24, 2.45) is 5.92 Å². The fourth-order valence-corrected chi connectivity index (χ4v) is 1.97. The summed E-state index contributed by atoms with van der Waals surface area (Å²) in [6.07, 6.45) is 2.04. The van der Waals surface area contributed by atoms with Crippen molar-refractivity contribution in [2.45, 2.75) is 39.7 Å². The van der Waals surface area contributed by atoms with E-state index in [1.165, 1.54) is 11.6 Å². The minimum Gasteiger partial charge on any atom is -0.316 e. The normalized spacial score (nSPS) is 14.8. The number of aryl methyl sites for hydroxylation is 1. The van der Waals surface area contributed by atoms with Gasteiger partial charge in [-0.05, 0) is 49.6 Å². The highest BCUT2D eigenvalue weighted by molar-refractivity contribution is 5.27. The van der Waals surface area contributed by atoms with Crippen molar-refractivity contribution in [3.8, 4) is 0 Å². The average Bonchev–Trinajstić information content (AvgIpc) is 2.29. The lowest BCUT2D eigenvalue weighted by atomic mass is 9.91. The van der Waals surface area contributed by atoms with E-state index < -0.39 is 0 Å². The van der Waals surface area contributed by atoms with Gasteiger partial charge in [0.1, 0.15) is 5.82 Å². The second kappa shape index (κ2) is 6.00. The van der Waals surface area contributed by atoms with Gasteiger partial charge in [0.05, 0.1) is 0 Å². The van der Waals surface area contributed by atoms with Crippen molar-refractivity contribution >= 4 is 0 Å². The zero-order valence-corrected chi connectivity index (χ0v) is 10.7. The minimum absolute atomic E-state index is 0.139. The maximum Gasteiger partial charge on any atom is 0.123 e. The van der Waals surface area contributed by atoms with Gasteiger partial charge in [-0.2, -0.15) is 0 Å².